The largest absolute Gasteiger partial charge is 0.348 e. The van der Waals surface area contributed by atoms with Gasteiger partial charge in [0.1, 0.15) is 0 Å². The van der Waals surface area contributed by atoms with Crippen molar-refractivity contribution in [1.82, 2.24) is 10.3 Å². The molecular weight excluding hydrogens is 244 g/mol. The van der Waals surface area contributed by atoms with E-state index in [4.69, 9.17) is 0 Å². The minimum absolute atomic E-state index is 0.0162. The predicted octanol–water partition coefficient (Wildman–Crippen LogP) is 3.03. The lowest BCUT2D eigenvalue weighted by atomic mass is 10.2. The Morgan fingerprint density at radius 3 is 3.11 bits per heavy atom. The van der Waals surface area contributed by atoms with Crippen molar-refractivity contribution in [2.75, 3.05) is 0 Å². The standard InChI is InChI=1S/C14H16N2OS/c1-2-4-13-7-12(10-18-13)14(17)16-9-11-5-3-6-15-8-11/h3,5-8,10H,2,4,9H2,1H3,(H,16,17). The first kappa shape index (κ1) is 12.8. The molecule has 0 radical (unpaired) electrons. The molecule has 0 saturated heterocycles. The molecule has 0 unspecified atom stereocenters. The SMILES string of the molecule is CCCc1cc(C(=O)NCc2cccnc2)cs1. The Bertz CT molecular complexity index is 508. The average Bonchev–Trinajstić information content (AvgIpc) is 2.86. The molecule has 4 heteroatoms. The number of aromatic nitrogens is 1. The molecule has 18 heavy (non-hydrogen) atoms. The Kier molecular flexibility index (Phi) is 4.47. The van der Waals surface area contributed by atoms with Gasteiger partial charge in [0.15, 0.2) is 0 Å². The van der Waals surface area contributed by atoms with E-state index in [2.05, 4.69) is 17.2 Å². The summed E-state index contributed by atoms with van der Waals surface area (Å²) in [6.07, 6.45) is 5.63. The number of pyridine rings is 1. The highest BCUT2D eigenvalue weighted by Gasteiger charge is 2.07. The summed E-state index contributed by atoms with van der Waals surface area (Å²) in [6, 6.07) is 5.79. The maximum atomic E-state index is 11.9. The highest BCUT2D eigenvalue weighted by molar-refractivity contribution is 7.10. The van der Waals surface area contributed by atoms with E-state index in [1.807, 2.05) is 23.6 Å². The molecule has 1 amide bonds. The van der Waals surface area contributed by atoms with Crippen LogP contribution < -0.4 is 5.32 Å². The van der Waals surface area contributed by atoms with E-state index in [1.165, 1.54) is 4.88 Å². The number of aryl methyl sites for hydroxylation is 1. The van der Waals surface area contributed by atoms with Crippen LogP contribution in [0.2, 0.25) is 0 Å². The minimum atomic E-state index is -0.0162. The Balaban J connectivity index is 1.91. The Labute approximate surface area is 111 Å². The summed E-state index contributed by atoms with van der Waals surface area (Å²) in [5, 5.41) is 4.82. The molecule has 2 aromatic heterocycles. The van der Waals surface area contributed by atoms with Gasteiger partial charge in [-0.2, -0.15) is 0 Å². The molecule has 0 aliphatic heterocycles. The fourth-order valence-electron chi connectivity index (χ4n) is 1.66. The molecule has 0 bridgehead atoms. The van der Waals surface area contributed by atoms with E-state index >= 15 is 0 Å². The van der Waals surface area contributed by atoms with Crippen LogP contribution in [-0.2, 0) is 13.0 Å². The van der Waals surface area contributed by atoms with Crippen molar-refractivity contribution in [2.45, 2.75) is 26.3 Å². The second-order valence-electron chi connectivity index (χ2n) is 4.10. The monoisotopic (exact) mass is 260 g/mol. The average molecular weight is 260 g/mol. The van der Waals surface area contributed by atoms with E-state index in [-0.39, 0.29) is 5.91 Å². The molecule has 1 N–H and O–H groups in total. The van der Waals surface area contributed by atoms with Gasteiger partial charge in [-0.15, -0.1) is 11.3 Å². The van der Waals surface area contributed by atoms with Crippen LogP contribution in [0, 0.1) is 0 Å². The number of hydrogen-bond acceptors (Lipinski definition) is 3. The first-order chi connectivity index (χ1) is 8.79. The highest BCUT2D eigenvalue weighted by atomic mass is 32.1. The zero-order valence-corrected chi connectivity index (χ0v) is 11.2. The van der Waals surface area contributed by atoms with Gasteiger partial charge in [-0.05, 0) is 24.1 Å². The number of carbonyl (C=O) groups excluding carboxylic acids is 1. The van der Waals surface area contributed by atoms with Gasteiger partial charge in [-0.25, -0.2) is 0 Å². The molecule has 2 heterocycles. The van der Waals surface area contributed by atoms with E-state index in [0.717, 1.165) is 24.0 Å². The van der Waals surface area contributed by atoms with E-state index < -0.39 is 0 Å². The summed E-state index contributed by atoms with van der Waals surface area (Å²) < 4.78 is 0. The summed E-state index contributed by atoms with van der Waals surface area (Å²) in [5.74, 6) is -0.0162. The molecule has 0 aliphatic rings. The topological polar surface area (TPSA) is 42.0 Å². The summed E-state index contributed by atoms with van der Waals surface area (Å²) in [7, 11) is 0. The molecule has 0 atom stereocenters. The Morgan fingerprint density at radius 1 is 1.50 bits per heavy atom. The smallest absolute Gasteiger partial charge is 0.252 e. The first-order valence-corrected chi connectivity index (χ1v) is 6.92. The third-order valence-corrected chi connectivity index (χ3v) is 3.58. The van der Waals surface area contributed by atoms with E-state index in [1.54, 1.807) is 23.7 Å². The lowest BCUT2D eigenvalue weighted by molar-refractivity contribution is 0.0951. The van der Waals surface area contributed by atoms with Crippen molar-refractivity contribution < 1.29 is 4.79 Å². The van der Waals surface area contributed by atoms with Crippen molar-refractivity contribution in [3.8, 4) is 0 Å². The normalized spacial score (nSPS) is 10.3. The molecule has 0 aromatic carbocycles. The van der Waals surface area contributed by atoms with Gasteiger partial charge in [-0.3, -0.25) is 9.78 Å². The third kappa shape index (κ3) is 3.40. The van der Waals surface area contributed by atoms with Gasteiger partial charge in [-0.1, -0.05) is 19.4 Å². The van der Waals surface area contributed by atoms with Crippen LogP contribution in [0.4, 0.5) is 0 Å². The fraction of sp³-hybridized carbons (Fsp3) is 0.286. The van der Waals surface area contributed by atoms with Gasteiger partial charge in [0.2, 0.25) is 0 Å². The maximum Gasteiger partial charge on any atom is 0.252 e. The zero-order valence-electron chi connectivity index (χ0n) is 10.3. The van der Waals surface area contributed by atoms with Gasteiger partial charge >= 0.3 is 0 Å². The second kappa shape index (κ2) is 6.31. The second-order valence-corrected chi connectivity index (χ2v) is 5.09. The molecule has 0 spiro atoms. The number of carbonyl (C=O) groups is 1. The summed E-state index contributed by atoms with van der Waals surface area (Å²) in [4.78, 5) is 17.2. The number of hydrogen-bond donors (Lipinski definition) is 1. The molecule has 3 nitrogen and oxygen atoms in total. The van der Waals surface area contributed by atoms with Crippen LogP contribution >= 0.6 is 11.3 Å². The van der Waals surface area contributed by atoms with E-state index in [9.17, 15) is 4.79 Å². The quantitative estimate of drug-likeness (QED) is 0.898. The summed E-state index contributed by atoms with van der Waals surface area (Å²) in [6.45, 7) is 2.66. The molecule has 0 saturated carbocycles. The van der Waals surface area contributed by atoms with Crippen LogP contribution in [0.15, 0.2) is 36.0 Å². The highest BCUT2D eigenvalue weighted by Crippen LogP contribution is 2.16. The number of amides is 1. The van der Waals surface area contributed by atoms with Crippen LogP contribution in [0.25, 0.3) is 0 Å². The lowest BCUT2D eigenvalue weighted by Gasteiger charge is -2.02. The molecular formula is C14H16N2OS. The Hall–Kier alpha value is -1.68. The van der Waals surface area contributed by atoms with Crippen molar-refractivity contribution >= 4 is 17.2 Å². The molecule has 2 aromatic rings. The van der Waals surface area contributed by atoms with Gasteiger partial charge in [0.25, 0.3) is 5.91 Å². The van der Waals surface area contributed by atoms with Crippen LogP contribution in [0.3, 0.4) is 0 Å². The summed E-state index contributed by atoms with van der Waals surface area (Å²) >= 11 is 1.65. The van der Waals surface area contributed by atoms with Gasteiger partial charge in [0.05, 0.1) is 5.56 Å². The van der Waals surface area contributed by atoms with Crippen molar-refractivity contribution in [1.29, 1.82) is 0 Å². The van der Waals surface area contributed by atoms with Crippen molar-refractivity contribution in [3.63, 3.8) is 0 Å². The van der Waals surface area contributed by atoms with Crippen LogP contribution in [0.5, 0.6) is 0 Å². The number of nitrogens with one attached hydrogen (secondary N) is 1. The molecule has 2 rings (SSSR count). The lowest BCUT2D eigenvalue weighted by Crippen LogP contribution is -2.22. The number of thiophene rings is 1. The van der Waals surface area contributed by atoms with Crippen LogP contribution in [-0.4, -0.2) is 10.9 Å². The minimum Gasteiger partial charge on any atom is -0.348 e. The predicted molar refractivity (Wildman–Crippen MR) is 73.7 cm³/mol. The fourth-order valence-corrected chi connectivity index (χ4v) is 2.63. The third-order valence-electron chi connectivity index (χ3n) is 2.59. The number of rotatable bonds is 5. The van der Waals surface area contributed by atoms with Crippen molar-refractivity contribution in [3.05, 3.63) is 52.0 Å². The molecule has 0 aliphatic carbocycles. The van der Waals surface area contributed by atoms with Gasteiger partial charge < -0.3 is 5.32 Å². The van der Waals surface area contributed by atoms with E-state index in [0.29, 0.717) is 6.54 Å². The molecule has 94 valence electrons. The van der Waals surface area contributed by atoms with Crippen LogP contribution in [0.1, 0.15) is 34.1 Å². The number of nitrogens with zero attached hydrogens (tertiary/aromatic N) is 1. The van der Waals surface area contributed by atoms with Gasteiger partial charge in [0, 0.05) is 29.2 Å². The maximum absolute atomic E-state index is 11.9. The summed E-state index contributed by atoms with van der Waals surface area (Å²) in [5.41, 5.74) is 1.77. The molecule has 0 fully saturated rings. The zero-order chi connectivity index (χ0) is 12.8. The Morgan fingerprint density at radius 2 is 2.39 bits per heavy atom. The first-order valence-electron chi connectivity index (χ1n) is 6.04. The van der Waals surface area contributed by atoms with Crippen molar-refractivity contribution in [2.24, 2.45) is 0 Å².